The summed E-state index contributed by atoms with van der Waals surface area (Å²) >= 11 is 0. The second-order valence-corrected chi connectivity index (χ2v) is 8.87. The zero-order valence-corrected chi connectivity index (χ0v) is 16.9. The summed E-state index contributed by atoms with van der Waals surface area (Å²) in [5.41, 5.74) is 1.17. The number of carbonyl (C=O) groups excluding carboxylic acids is 2. The van der Waals surface area contributed by atoms with Crippen molar-refractivity contribution in [1.29, 1.82) is 0 Å². The lowest BCUT2D eigenvalue weighted by atomic mass is 9.78. The second kappa shape index (κ2) is 8.90. The number of hydrogen-bond acceptors (Lipinski definition) is 2. The molecule has 0 aromatic heterocycles. The van der Waals surface area contributed by atoms with Gasteiger partial charge in [-0.15, -0.1) is 0 Å². The van der Waals surface area contributed by atoms with Crippen LogP contribution >= 0.6 is 0 Å². The van der Waals surface area contributed by atoms with Crippen molar-refractivity contribution in [2.75, 3.05) is 13.1 Å². The van der Waals surface area contributed by atoms with E-state index < -0.39 is 0 Å². The van der Waals surface area contributed by atoms with Crippen molar-refractivity contribution in [3.05, 3.63) is 35.9 Å². The first kappa shape index (κ1) is 19.9. The lowest BCUT2D eigenvalue weighted by Gasteiger charge is -2.39. The van der Waals surface area contributed by atoms with Gasteiger partial charge in [-0.2, -0.15) is 0 Å². The maximum Gasteiger partial charge on any atom is 0.223 e. The Morgan fingerprint density at radius 2 is 1.70 bits per heavy atom. The fourth-order valence-electron chi connectivity index (χ4n) is 4.37. The van der Waals surface area contributed by atoms with Gasteiger partial charge in [0.1, 0.15) is 0 Å². The summed E-state index contributed by atoms with van der Waals surface area (Å²) in [5.74, 6) is 1.24. The van der Waals surface area contributed by atoms with Gasteiger partial charge in [-0.25, -0.2) is 0 Å². The van der Waals surface area contributed by atoms with Gasteiger partial charge in [-0.3, -0.25) is 9.59 Å². The Labute approximate surface area is 163 Å². The Kier molecular flexibility index (Phi) is 6.56. The molecule has 0 bridgehead atoms. The molecule has 1 aliphatic heterocycles. The highest BCUT2D eigenvalue weighted by Crippen LogP contribution is 2.32. The summed E-state index contributed by atoms with van der Waals surface area (Å²) in [6, 6.07) is 10.1. The first-order valence-electron chi connectivity index (χ1n) is 10.6. The highest BCUT2D eigenvalue weighted by atomic mass is 16.2. The van der Waals surface area contributed by atoms with E-state index in [-0.39, 0.29) is 23.3 Å². The van der Waals surface area contributed by atoms with Crippen LogP contribution in [0.2, 0.25) is 0 Å². The van der Waals surface area contributed by atoms with Crippen molar-refractivity contribution < 1.29 is 9.59 Å². The number of piperidine rings is 1. The molecule has 2 aliphatic rings. The van der Waals surface area contributed by atoms with Crippen LogP contribution in [-0.2, 0) is 16.0 Å². The van der Waals surface area contributed by atoms with Gasteiger partial charge in [-0.05, 0) is 63.4 Å². The molecule has 27 heavy (non-hydrogen) atoms. The number of likely N-dealkylation sites (tertiary alicyclic amines) is 1. The second-order valence-electron chi connectivity index (χ2n) is 8.87. The topological polar surface area (TPSA) is 49.4 Å². The number of nitrogens with zero attached hydrogens (tertiary/aromatic N) is 1. The lowest BCUT2D eigenvalue weighted by Crippen LogP contribution is -2.52. The molecule has 2 amide bonds. The SMILES string of the molecule is CC1CCC(C)(NC(=O)C2CCN(C(=O)CCc3ccccc3)CC2)CC1. The molecule has 0 radical (unpaired) electrons. The van der Waals surface area contributed by atoms with Crippen molar-refractivity contribution in [2.24, 2.45) is 11.8 Å². The zero-order chi connectivity index (χ0) is 19.3. The van der Waals surface area contributed by atoms with Crippen LogP contribution in [0.15, 0.2) is 30.3 Å². The summed E-state index contributed by atoms with van der Waals surface area (Å²) in [6.45, 7) is 5.91. The average Bonchev–Trinajstić information content (AvgIpc) is 2.69. The molecule has 148 valence electrons. The van der Waals surface area contributed by atoms with Gasteiger partial charge in [0.25, 0.3) is 0 Å². The number of carbonyl (C=O) groups is 2. The first-order valence-corrected chi connectivity index (χ1v) is 10.6. The van der Waals surface area contributed by atoms with Crippen LogP contribution in [0.5, 0.6) is 0 Å². The van der Waals surface area contributed by atoms with E-state index in [4.69, 9.17) is 0 Å². The van der Waals surface area contributed by atoms with E-state index in [1.807, 2.05) is 23.1 Å². The van der Waals surface area contributed by atoms with Crippen molar-refractivity contribution in [3.63, 3.8) is 0 Å². The van der Waals surface area contributed by atoms with E-state index >= 15 is 0 Å². The number of amides is 2. The Bertz CT molecular complexity index is 627. The number of aryl methyl sites for hydroxylation is 1. The molecule has 0 atom stereocenters. The number of rotatable bonds is 5. The average molecular weight is 371 g/mol. The van der Waals surface area contributed by atoms with Crippen LogP contribution in [0, 0.1) is 11.8 Å². The lowest BCUT2D eigenvalue weighted by molar-refractivity contribution is -0.136. The highest BCUT2D eigenvalue weighted by molar-refractivity contribution is 5.80. The van der Waals surface area contributed by atoms with Crippen molar-refractivity contribution in [3.8, 4) is 0 Å². The fourth-order valence-corrected chi connectivity index (χ4v) is 4.37. The van der Waals surface area contributed by atoms with Crippen LogP contribution in [0.25, 0.3) is 0 Å². The largest absolute Gasteiger partial charge is 0.351 e. The minimum Gasteiger partial charge on any atom is -0.351 e. The third-order valence-electron chi connectivity index (χ3n) is 6.49. The number of benzene rings is 1. The predicted octanol–water partition coefficient (Wildman–Crippen LogP) is 3.94. The van der Waals surface area contributed by atoms with Gasteiger partial charge in [0.15, 0.2) is 0 Å². The van der Waals surface area contributed by atoms with Crippen LogP contribution < -0.4 is 5.32 Å². The van der Waals surface area contributed by atoms with E-state index in [1.165, 1.54) is 18.4 Å². The van der Waals surface area contributed by atoms with Crippen molar-refractivity contribution in [1.82, 2.24) is 10.2 Å². The van der Waals surface area contributed by atoms with Crippen molar-refractivity contribution in [2.45, 2.75) is 70.8 Å². The van der Waals surface area contributed by atoms with Crippen LogP contribution in [0.1, 0.15) is 64.4 Å². The maximum atomic E-state index is 12.7. The van der Waals surface area contributed by atoms with E-state index in [0.29, 0.717) is 19.5 Å². The van der Waals surface area contributed by atoms with E-state index in [1.54, 1.807) is 0 Å². The van der Waals surface area contributed by atoms with Gasteiger partial charge in [0.2, 0.25) is 11.8 Å². The van der Waals surface area contributed by atoms with E-state index in [2.05, 4.69) is 31.3 Å². The molecule has 1 N–H and O–H groups in total. The van der Waals surface area contributed by atoms with Crippen LogP contribution in [0.3, 0.4) is 0 Å². The normalized spacial score (nSPS) is 26.6. The van der Waals surface area contributed by atoms with Crippen LogP contribution in [-0.4, -0.2) is 35.3 Å². The summed E-state index contributed by atoms with van der Waals surface area (Å²) in [6.07, 6.45) is 7.47. The number of nitrogens with one attached hydrogen (secondary N) is 1. The molecule has 0 spiro atoms. The minimum absolute atomic E-state index is 0.0355. The molecular formula is C23H34N2O2. The summed E-state index contributed by atoms with van der Waals surface area (Å²) in [7, 11) is 0. The standard InChI is InChI=1S/C23H34N2O2/c1-18-10-14-23(2,15-11-18)24-22(27)20-12-16-25(17-13-20)21(26)9-8-19-6-4-3-5-7-19/h3-7,18,20H,8-17H2,1-2H3,(H,24,27). The smallest absolute Gasteiger partial charge is 0.223 e. The highest BCUT2D eigenvalue weighted by Gasteiger charge is 2.34. The van der Waals surface area contributed by atoms with Gasteiger partial charge in [-0.1, -0.05) is 37.3 Å². The van der Waals surface area contributed by atoms with Crippen molar-refractivity contribution >= 4 is 11.8 Å². The molecule has 4 nitrogen and oxygen atoms in total. The van der Waals surface area contributed by atoms with Gasteiger partial charge in [0.05, 0.1) is 0 Å². The Morgan fingerprint density at radius 1 is 1.07 bits per heavy atom. The third-order valence-corrected chi connectivity index (χ3v) is 6.49. The summed E-state index contributed by atoms with van der Waals surface area (Å²) in [4.78, 5) is 27.1. The molecule has 1 saturated carbocycles. The Balaban J connectivity index is 1.41. The molecule has 1 heterocycles. The molecule has 0 unspecified atom stereocenters. The number of hydrogen-bond donors (Lipinski definition) is 1. The van der Waals surface area contributed by atoms with Gasteiger partial charge < -0.3 is 10.2 Å². The quantitative estimate of drug-likeness (QED) is 0.853. The fraction of sp³-hybridized carbons (Fsp3) is 0.652. The first-order chi connectivity index (χ1) is 13.0. The molecule has 1 aromatic rings. The molecule has 1 aliphatic carbocycles. The third kappa shape index (κ3) is 5.57. The molecule has 1 saturated heterocycles. The maximum absolute atomic E-state index is 12.7. The molecular weight excluding hydrogens is 336 g/mol. The molecule has 1 aromatic carbocycles. The minimum atomic E-state index is -0.0355. The summed E-state index contributed by atoms with van der Waals surface area (Å²) in [5, 5.41) is 3.33. The Morgan fingerprint density at radius 3 is 2.33 bits per heavy atom. The van der Waals surface area contributed by atoms with Gasteiger partial charge in [0, 0.05) is 31.0 Å². The van der Waals surface area contributed by atoms with E-state index in [0.717, 1.165) is 38.0 Å². The van der Waals surface area contributed by atoms with Gasteiger partial charge >= 0.3 is 0 Å². The predicted molar refractivity (Wildman–Crippen MR) is 108 cm³/mol. The molecule has 2 fully saturated rings. The Hall–Kier alpha value is -1.84. The van der Waals surface area contributed by atoms with Crippen LogP contribution in [0.4, 0.5) is 0 Å². The zero-order valence-electron chi connectivity index (χ0n) is 16.9. The monoisotopic (exact) mass is 370 g/mol. The van der Waals surface area contributed by atoms with E-state index in [9.17, 15) is 9.59 Å². The molecule has 3 rings (SSSR count). The molecule has 4 heteroatoms. The summed E-state index contributed by atoms with van der Waals surface area (Å²) < 4.78 is 0.